The predicted molar refractivity (Wildman–Crippen MR) is 144 cm³/mol. The van der Waals surface area contributed by atoms with E-state index >= 15 is 0 Å². The number of aryl methyl sites for hydroxylation is 1. The maximum atomic E-state index is 13.2. The standard InChI is InChI=1S/C23H24N6O8S3/c1-23(2,21(34)35)37-27-14(13-9-39-22(24)25-13)17(30)26-15-18(31)29-16(20(32)33)11(10-40(36)19(15)29)8-38-12-4-6-28(3)7-5-12/h4-7,9,15,19H,8,10H2,1-3H3,(H4-,24,25,26,30,32,33,34,35)/p+1/t15-,19-,40?/m1/s1. The smallest absolute Gasteiger partial charge is 0.352 e. The molecule has 2 amide bonds. The molecule has 1 fully saturated rings. The number of oxime groups is 1. The zero-order chi connectivity index (χ0) is 29.4. The van der Waals surface area contributed by atoms with Gasteiger partial charge in [0.05, 0.1) is 16.6 Å². The zero-order valence-electron chi connectivity index (χ0n) is 21.4. The van der Waals surface area contributed by atoms with Crippen LogP contribution in [-0.2, 0) is 41.9 Å². The minimum absolute atomic E-state index is 0.0329. The summed E-state index contributed by atoms with van der Waals surface area (Å²) in [5, 5.41) is 25.7. The number of carboxylic acids is 2. The number of β-lactam (4-membered cyclic amide) rings is 1. The molecule has 1 saturated heterocycles. The van der Waals surface area contributed by atoms with E-state index in [1.54, 1.807) is 0 Å². The molecule has 1 unspecified atom stereocenters. The number of pyridine rings is 1. The number of thioether (sulfide) groups is 1. The molecule has 3 atom stereocenters. The van der Waals surface area contributed by atoms with Crippen LogP contribution >= 0.6 is 23.1 Å². The number of amides is 2. The molecule has 2 aromatic heterocycles. The van der Waals surface area contributed by atoms with E-state index < -0.39 is 57.3 Å². The van der Waals surface area contributed by atoms with E-state index in [2.05, 4.69) is 15.5 Å². The Morgan fingerprint density at radius 3 is 2.60 bits per heavy atom. The Morgan fingerprint density at radius 1 is 1.35 bits per heavy atom. The van der Waals surface area contributed by atoms with Crippen molar-refractivity contribution in [1.82, 2.24) is 15.2 Å². The van der Waals surface area contributed by atoms with E-state index in [4.69, 9.17) is 10.6 Å². The van der Waals surface area contributed by atoms with E-state index in [0.717, 1.165) is 21.1 Å². The second-order valence-corrected chi connectivity index (χ2v) is 12.7. The molecule has 2 aliphatic rings. The number of aromatic nitrogens is 2. The number of fused-ring (bicyclic) bond motifs is 1. The van der Waals surface area contributed by atoms with Gasteiger partial charge in [-0.05, 0) is 19.4 Å². The van der Waals surface area contributed by atoms with Crippen LogP contribution in [0.2, 0.25) is 0 Å². The molecular weight excluding hydrogens is 584 g/mol. The first-order valence-corrected chi connectivity index (χ1v) is 14.8. The maximum Gasteiger partial charge on any atom is 0.352 e. The quantitative estimate of drug-likeness (QED) is 0.0903. The lowest BCUT2D eigenvalue weighted by Gasteiger charge is -2.49. The van der Waals surface area contributed by atoms with Gasteiger partial charge in [-0.1, -0.05) is 5.16 Å². The minimum Gasteiger partial charge on any atom is -0.478 e. The molecular formula is C23H25N6O8S3+. The first-order valence-electron chi connectivity index (χ1n) is 11.6. The summed E-state index contributed by atoms with van der Waals surface area (Å²) in [6.45, 7) is 2.44. The number of hydrogen-bond acceptors (Lipinski definition) is 11. The van der Waals surface area contributed by atoms with Crippen LogP contribution < -0.4 is 15.6 Å². The second-order valence-electron chi connectivity index (χ2n) is 9.24. The molecule has 0 saturated carbocycles. The van der Waals surface area contributed by atoms with Gasteiger partial charge in [-0.25, -0.2) is 19.1 Å². The van der Waals surface area contributed by atoms with E-state index in [1.807, 2.05) is 36.1 Å². The Hall–Kier alpha value is -3.83. The van der Waals surface area contributed by atoms with Gasteiger partial charge in [-0.2, -0.15) is 0 Å². The fourth-order valence-electron chi connectivity index (χ4n) is 3.73. The number of rotatable bonds is 10. The number of carbonyl (C=O) groups excluding carboxylic acids is 2. The molecule has 0 aromatic carbocycles. The van der Waals surface area contributed by atoms with Crippen molar-refractivity contribution in [1.29, 1.82) is 0 Å². The van der Waals surface area contributed by atoms with Gasteiger partial charge in [0.15, 0.2) is 23.2 Å². The summed E-state index contributed by atoms with van der Waals surface area (Å²) in [5.74, 6) is -4.33. The van der Waals surface area contributed by atoms with Crippen LogP contribution in [0.15, 0.2) is 51.2 Å². The van der Waals surface area contributed by atoms with Crippen LogP contribution in [0.4, 0.5) is 5.13 Å². The Bertz CT molecular complexity index is 1470. The molecule has 2 aromatic rings. The van der Waals surface area contributed by atoms with Gasteiger partial charge in [0.2, 0.25) is 5.60 Å². The van der Waals surface area contributed by atoms with Crippen molar-refractivity contribution >= 4 is 68.5 Å². The van der Waals surface area contributed by atoms with Gasteiger partial charge >= 0.3 is 11.9 Å². The Balaban J connectivity index is 1.56. The third-order valence-electron chi connectivity index (χ3n) is 5.91. The summed E-state index contributed by atoms with van der Waals surface area (Å²) in [6.07, 6.45) is 3.67. The normalized spacial score (nSPS) is 21.0. The lowest BCUT2D eigenvalue weighted by Crippen LogP contribution is -2.74. The molecule has 4 heterocycles. The Labute approximate surface area is 238 Å². The lowest BCUT2D eigenvalue weighted by atomic mass is 10.0. The number of carboxylic acid groups (broad SMARTS) is 2. The largest absolute Gasteiger partial charge is 0.478 e. The molecule has 0 bridgehead atoms. The van der Waals surface area contributed by atoms with Crippen LogP contribution in [0.5, 0.6) is 0 Å². The third-order valence-corrected chi connectivity index (χ3v) is 9.34. The number of nitrogen functional groups attached to an aromatic ring is 1. The summed E-state index contributed by atoms with van der Waals surface area (Å²) < 4.78 is 15.0. The fraction of sp³-hybridized carbons (Fsp3) is 0.348. The number of aliphatic carboxylic acids is 2. The lowest BCUT2D eigenvalue weighted by molar-refractivity contribution is -0.671. The molecule has 40 heavy (non-hydrogen) atoms. The topological polar surface area (TPSA) is 205 Å². The molecule has 17 heteroatoms. The summed E-state index contributed by atoms with van der Waals surface area (Å²) in [5.41, 5.74) is 3.44. The van der Waals surface area contributed by atoms with Gasteiger partial charge < -0.3 is 26.1 Å². The fourth-order valence-corrected chi connectivity index (χ4v) is 6.98. The van der Waals surface area contributed by atoms with E-state index in [1.165, 1.54) is 31.0 Å². The van der Waals surface area contributed by atoms with Gasteiger partial charge in [0.1, 0.15) is 29.9 Å². The summed E-state index contributed by atoms with van der Waals surface area (Å²) in [4.78, 5) is 60.7. The van der Waals surface area contributed by atoms with Crippen molar-refractivity contribution in [2.45, 2.75) is 35.8 Å². The zero-order valence-corrected chi connectivity index (χ0v) is 23.8. The molecule has 0 radical (unpaired) electrons. The van der Waals surface area contributed by atoms with Crippen molar-refractivity contribution in [3.05, 3.63) is 46.9 Å². The molecule has 4 rings (SSSR count). The summed E-state index contributed by atoms with van der Waals surface area (Å²) in [7, 11) is 0.128. The minimum atomic E-state index is -1.80. The van der Waals surface area contributed by atoms with E-state index in [9.17, 15) is 33.6 Å². The predicted octanol–water partition coefficient (Wildman–Crippen LogP) is -0.320. The van der Waals surface area contributed by atoms with Crippen molar-refractivity contribution < 1.29 is 43.0 Å². The third kappa shape index (κ3) is 5.85. The van der Waals surface area contributed by atoms with Crippen LogP contribution in [0.3, 0.4) is 0 Å². The van der Waals surface area contributed by atoms with E-state index in [0.29, 0.717) is 5.57 Å². The van der Waals surface area contributed by atoms with Crippen LogP contribution in [0.25, 0.3) is 0 Å². The van der Waals surface area contributed by atoms with Gasteiger partial charge in [0.25, 0.3) is 11.8 Å². The van der Waals surface area contributed by atoms with Crippen molar-refractivity contribution in [3.63, 3.8) is 0 Å². The Kier molecular flexibility index (Phi) is 8.27. The van der Waals surface area contributed by atoms with Gasteiger partial charge in [-0.15, -0.1) is 23.1 Å². The van der Waals surface area contributed by atoms with Crippen molar-refractivity contribution in [3.8, 4) is 0 Å². The molecule has 212 valence electrons. The second kappa shape index (κ2) is 11.3. The average Bonchev–Trinajstić information content (AvgIpc) is 3.31. The number of nitrogens with zero attached hydrogens (tertiary/aromatic N) is 4. The van der Waals surface area contributed by atoms with Crippen molar-refractivity contribution in [2.24, 2.45) is 12.2 Å². The summed E-state index contributed by atoms with van der Waals surface area (Å²) >= 11 is 2.34. The molecule has 14 nitrogen and oxygen atoms in total. The highest BCUT2D eigenvalue weighted by Crippen LogP contribution is 2.36. The first kappa shape index (κ1) is 29.2. The molecule has 2 aliphatic heterocycles. The number of nitrogens with two attached hydrogens (primary N) is 1. The van der Waals surface area contributed by atoms with Gasteiger partial charge in [0, 0.05) is 28.2 Å². The highest BCUT2D eigenvalue weighted by atomic mass is 32.2. The molecule has 0 spiro atoms. The SMILES string of the molecule is C[n+]1ccc(SCC2=C(C(=O)O)N3C(=O)[C@@H](NC(=O)C(=NOC(C)(C)C(=O)O)c4csc(N)n4)[C@H]3S(=O)C2)cc1. The monoisotopic (exact) mass is 609 g/mol. The van der Waals surface area contributed by atoms with E-state index in [-0.39, 0.29) is 28.0 Å². The summed E-state index contributed by atoms with van der Waals surface area (Å²) in [6, 6.07) is 2.38. The molecule has 5 N–H and O–H groups in total. The average molecular weight is 610 g/mol. The Morgan fingerprint density at radius 2 is 2.02 bits per heavy atom. The van der Waals surface area contributed by atoms with Gasteiger partial charge in [-0.3, -0.25) is 18.7 Å². The number of thiazole rings is 1. The maximum absolute atomic E-state index is 13.2. The number of hydrogen-bond donors (Lipinski definition) is 4. The van der Waals surface area contributed by atoms with Crippen LogP contribution in [0, 0.1) is 0 Å². The highest BCUT2D eigenvalue weighted by molar-refractivity contribution is 7.99. The van der Waals surface area contributed by atoms with Crippen LogP contribution in [-0.4, -0.2) is 82.3 Å². The first-order chi connectivity index (χ1) is 18.8. The molecule has 0 aliphatic carbocycles. The van der Waals surface area contributed by atoms with Crippen LogP contribution in [0.1, 0.15) is 19.5 Å². The number of carbonyl (C=O) groups is 4. The number of nitrogens with one attached hydrogen (secondary N) is 1. The van der Waals surface area contributed by atoms with Crippen molar-refractivity contribution in [2.75, 3.05) is 17.2 Å². The highest BCUT2D eigenvalue weighted by Gasteiger charge is 2.57. The number of anilines is 1.